The number of azo groups is 1. The fourth-order valence-corrected chi connectivity index (χ4v) is 4.27. The van der Waals surface area contributed by atoms with Gasteiger partial charge in [0, 0.05) is 45.1 Å². The SMILES string of the molecule is O=C1N=NC(N2CCC[C@H]2COCC(=O)N2CCN(c3ncc(C(F)(F)F)cn3)CC2)=CC1C(F)(F)F. The van der Waals surface area contributed by atoms with Gasteiger partial charge in [0.1, 0.15) is 12.4 Å². The average molecular weight is 535 g/mol. The van der Waals surface area contributed by atoms with Gasteiger partial charge in [-0.15, -0.1) is 10.2 Å². The molecule has 0 bridgehead atoms. The van der Waals surface area contributed by atoms with Crippen LogP contribution in [0.3, 0.4) is 0 Å². The Hall–Kier alpha value is -3.30. The Kier molecular flexibility index (Phi) is 7.66. The van der Waals surface area contributed by atoms with E-state index in [9.17, 15) is 35.9 Å². The van der Waals surface area contributed by atoms with Gasteiger partial charge in [-0.25, -0.2) is 9.97 Å². The third kappa shape index (κ3) is 6.34. The standard InChI is InChI=1S/C21H23F6N7O3/c22-20(23,24)13-9-28-19(29-10-13)33-6-4-32(5-7-33)17(35)12-37-11-14-2-1-3-34(14)16-8-15(21(25,26)27)18(36)31-30-16/h8-10,14-15H,1-7,11-12H2/t14-,15?/m0/s1. The summed E-state index contributed by atoms with van der Waals surface area (Å²) in [5.41, 5.74) is -0.945. The van der Waals surface area contributed by atoms with Crippen LogP contribution in [-0.4, -0.2) is 89.7 Å². The van der Waals surface area contributed by atoms with Crippen LogP contribution in [0, 0.1) is 5.92 Å². The van der Waals surface area contributed by atoms with Crippen molar-refractivity contribution in [1.82, 2.24) is 19.8 Å². The zero-order chi connectivity index (χ0) is 26.8. The summed E-state index contributed by atoms with van der Waals surface area (Å²) in [6.07, 6.45) is -5.81. The van der Waals surface area contributed by atoms with Crippen LogP contribution in [0.4, 0.5) is 32.3 Å². The molecule has 0 spiro atoms. The summed E-state index contributed by atoms with van der Waals surface area (Å²) in [5.74, 6) is -3.90. The first-order valence-electron chi connectivity index (χ1n) is 11.4. The number of halogens is 6. The normalized spacial score (nSPS) is 23.0. The second-order valence-electron chi connectivity index (χ2n) is 8.72. The van der Waals surface area contributed by atoms with Gasteiger partial charge in [-0.3, -0.25) is 9.59 Å². The van der Waals surface area contributed by atoms with Gasteiger partial charge in [0.05, 0.1) is 18.2 Å². The lowest BCUT2D eigenvalue weighted by molar-refractivity contribution is -0.171. The van der Waals surface area contributed by atoms with Gasteiger partial charge < -0.3 is 19.4 Å². The Bertz CT molecular complexity index is 1050. The topological polar surface area (TPSA) is 104 Å². The summed E-state index contributed by atoms with van der Waals surface area (Å²) in [7, 11) is 0. The smallest absolute Gasteiger partial charge is 0.369 e. The Morgan fingerprint density at radius 1 is 1.00 bits per heavy atom. The second kappa shape index (κ2) is 10.6. The minimum Gasteiger partial charge on any atom is -0.369 e. The summed E-state index contributed by atoms with van der Waals surface area (Å²) < 4.78 is 82.9. The number of ether oxygens (including phenoxy) is 1. The number of carbonyl (C=O) groups excluding carboxylic acids is 2. The molecule has 10 nitrogen and oxygen atoms in total. The van der Waals surface area contributed by atoms with E-state index in [1.165, 1.54) is 0 Å². The van der Waals surface area contributed by atoms with Gasteiger partial charge in [-0.1, -0.05) is 0 Å². The first-order chi connectivity index (χ1) is 17.4. The lowest BCUT2D eigenvalue weighted by atomic mass is 10.1. The van der Waals surface area contributed by atoms with Crippen LogP contribution in [-0.2, 0) is 20.5 Å². The molecule has 2 atom stereocenters. The molecule has 2 saturated heterocycles. The van der Waals surface area contributed by atoms with E-state index in [0.29, 0.717) is 58.0 Å². The highest BCUT2D eigenvalue weighted by molar-refractivity contribution is 5.82. The molecule has 2 fully saturated rings. The van der Waals surface area contributed by atoms with Crippen molar-refractivity contribution in [2.24, 2.45) is 16.1 Å². The van der Waals surface area contributed by atoms with Crippen LogP contribution < -0.4 is 4.90 Å². The van der Waals surface area contributed by atoms with Crippen molar-refractivity contribution in [3.8, 4) is 0 Å². The molecule has 2 amide bonds. The molecule has 16 heteroatoms. The Balaban J connectivity index is 1.24. The molecule has 0 aliphatic carbocycles. The monoisotopic (exact) mass is 535 g/mol. The number of carbonyl (C=O) groups is 2. The maximum atomic E-state index is 13.1. The Morgan fingerprint density at radius 2 is 1.68 bits per heavy atom. The molecule has 3 aliphatic heterocycles. The molecule has 37 heavy (non-hydrogen) atoms. The number of anilines is 1. The molecule has 1 aromatic rings. The Morgan fingerprint density at radius 3 is 2.30 bits per heavy atom. The molecule has 1 unspecified atom stereocenters. The molecule has 4 rings (SSSR count). The number of amides is 2. The molecule has 0 aromatic carbocycles. The highest BCUT2D eigenvalue weighted by Crippen LogP contribution is 2.34. The fourth-order valence-electron chi connectivity index (χ4n) is 4.27. The molecule has 0 N–H and O–H groups in total. The second-order valence-corrected chi connectivity index (χ2v) is 8.72. The van der Waals surface area contributed by atoms with Crippen molar-refractivity contribution < 1.29 is 40.7 Å². The molecular weight excluding hydrogens is 512 g/mol. The number of piperazine rings is 1. The first-order valence-corrected chi connectivity index (χ1v) is 11.4. The van der Waals surface area contributed by atoms with Crippen molar-refractivity contribution in [1.29, 1.82) is 0 Å². The van der Waals surface area contributed by atoms with Crippen LogP contribution in [0.2, 0.25) is 0 Å². The number of hydrogen-bond acceptors (Lipinski definition) is 8. The summed E-state index contributed by atoms with van der Waals surface area (Å²) in [6, 6.07) is -0.325. The predicted octanol–water partition coefficient (Wildman–Crippen LogP) is 2.64. The van der Waals surface area contributed by atoms with Crippen molar-refractivity contribution in [3.63, 3.8) is 0 Å². The maximum absolute atomic E-state index is 13.1. The molecule has 3 aliphatic rings. The highest BCUT2D eigenvalue weighted by Gasteiger charge is 2.46. The number of rotatable bonds is 6. The van der Waals surface area contributed by atoms with Crippen LogP contribution >= 0.6 is 0 Å². The van der Waals surface area contributed by atoms with Crippen molar-refractivity contribution >= 4 is 17.8 Å². The van der Waals surface area contributed by atoms with E-state index in [1.54, 1.807) is 14.7 Å². The fraction of sp³-hybridized carbons (Fsp3) is 0.619. The number of alkyl halides is 6. The van der Waals surface area contributed by atoms with Gasteiger partial charge in [-0.2, -0.15) is 26.3 Å². The molecule has 0 saturated carbocycles. The zero-order valence-electron chi connectivity index (χ0n) is 19.4. The number of aromatic nitrogens is 2. The van der Waals surface area contributed by atoms with Gasteiger partial charge in [0.2, 0.25) is 11.9 Å². The Labute approximate surface area is 207 Å². The molecule has 4 heterocycles. The molecule has 202 valence electrons. The summed E-state index contributed by atoms with van der Waals surface area (Å²) in [5, 5.41) is 6.78. The minimum atomic E-state index is -4.76. The van der Waals surface area contributed by atoms with Gasteiger partial charge >= 0.3 is 12.4 Å². The zero-order valence-corrected chi connectivity index (χ0v) is 19.4. The molecule has 0 radical (unpaired) electrons. The first kappa shape index (κ1) is 26.8. The number of likely N-dealkylation sites (tertiary alicyclic amines) is 1. The van der Waals surface area contributed by atoms with Crippen LogP contribution in [0.25, 0.3) is 0 Å². The van der Waals surface area contributed by atoms with Gasteiger partial charge in [0.15, 0.2) is 5.92 Å². The van der Waals surface area contributed by atoms with Crippen molar-refractivity contribution in [2.45, 2.75) is 31.2 Å². The van der Waals surface area contributed by atoms with Crippen LogP contribution in [0.15, 0.2) is 34.5 Å². The quantitative estimate of drug-likeness (QED) is 0.516. The van der Waals surface area contributed by atoms with Gasteiger partial charge in [-0.05, 0) is 18.9 Å². The van der Waals surface area contributed by atoms with Crippen molar-refractivity contribution in [2.75, 3.05) is 50.8 Å². The summed E-state index contributed by atoms with van der Waals surface area (Å²) >= 11 is 0. The van der Waals surface area contributed by atoms with E-state index in [-0.39, 0.29) is 36.9 Å². The average Bonchev–Trinajstić information content (AvgIpc) is 3.32. The summed E-state index contributed by atoms with van der Waals surface area (Å²) in [6.45, 7) is 1.48. The lowest BCUT2D eigenvalue weighted by Gasteiger charge is -2.35. The molecule has 1 aromatic heterocycles. The third-order valence-corrected chi connectivity index (χ3v) is 6.27. The van der Waals surface area contributed by atoms with Crippen molar-refractivity contribution in [3.05, 3.63) is 29.9 Å². The van der Waals surface area contributed by atoms with E-state index >= 15 is 0 Å². The number of hydrogen-bond donors (Lipinski definition) is 0. The minimum absolute atomic E-state index is 0.0408. The largest absolute Gasteiger partial charge is 0.419 e. The highest BCUT2D eigenvalue weighted by atomic mass is 19.4. The summed E-state index contributed by atoms with van der Waals surface area (Å²) in [4.78, 5) is 36.4. The maximum Gasteiger partial charge on any atom is 0.419 e. The predicted molar refractivity (Wildman–Crippen MR) is 114 cm³/mol. The van der Waals surface area contributed by atoms with Gasteiger partial charge in [0.25, 0.3) is 5.91 Å². The lowest BCUT2D eigenvalue weighted by Crippen LogP contribution is -2.50. The third-order valence-electron chi connectivity index (χ3n) is 6.27. The van der Waals surface area contributed by atoms with E-state index in [0.717, 1.165) is 6.08 Å². The van der Waals surface area contributed by atoms with Crippen LogP contribution in [0.5, 0.6) is 0 Å². The van der Waals surface area contributed by atoms with E-state index < -0.39 is 29.7 Å². The van der Waals surface area contributed by atoms with Crippen LogP contribution in [0.1, 0.15) is 18.4 Å². The van der Waals surface area contributed by atoms with E-state index in [1.807, 2.05) is 0 Å². The molecular formula is C21H23F6N7O3. The number of nitrogens with zero attached hydrogens (tertiary/aromatic N) is 7. The van der Waals surface area contributed by atoms with E-state index in [2.05, 4.69) is 20.2 Å². The van der Waals surface area contributed by atoms with E-state index in [4.69, 9.17) is 4.74 Å².